The van der Waals surface area contributed by atoms with E-state index in [1.165, 1.54) is 11.1 Å². The molecule has 2 aromatic rings. The first kappa shape index (κ1) is 19.3. The number of carbonyl (C=O) groups excluding carboxylic acids is 1. The zero-order valence-electron chi connectivity index (χ0n) is 15.7. The van der Waals surface area contributed by atoms with Crippen molar-refractivity contribution < 1.29 is 19.6 Å². The number of nitrogens with zero attached hydrogens (tertiary/aromatic N) is 3. The van der Waals surface area contributed by atoms with Crippen molar-refractivity contribution in [2.45, 2.75) is 13.8 Å². The van der Waals surface area contributed by atoms with Gasteiger partial charge in [0, 0.05) is 44.0 Å². The highest BCUT2D eigenvalue weighted by Crippen LogP contribution is 2.25. The predicted molar refractivity (Wildman–Crippen MR) is 104 cm³/mol. The summed E-state index contributed by atoms with van der Waals surface area (Å²) in [7, 11) is 0. The van der Waals surface area contributed by atoms with Crippen molar-refractivity contribution in [2.24, 2.45) is 0 Å². The Hall–Kier alpha value is -3.42. The maximum Gasteiger partial charge on any atom is 0.336 e. The van der Waals surface area contributed by atoms with Crippen LogP contribution in [0.1, 0.15) is 31.8 Å². The normalized spacial score (nSPS) is 14.1. The van der Waals surface area contributed by atoms with Crippen LogP contribution in [0, 0.1) is 24.0 Å². The van der Waals surface area contributed by atoms with E-state index in [9.17, 15) is 24.8 Å². The molecule has 2 aromatic carbocycles. The number of rotatable bonds is 4. The lowest BCUT2D eigenvalue weighted by Crippen LogP contribution is -2.49. The SMILES string of the molecule is Cc1cccc(N2CCN(C(=O)c3cc([N+](=O)[O-])ccc3C(=O)O)CC2)c1C. The second kappa shape index (κ2) is 7.67. The first-order valence-corrected chi connectivity index (χ1v) is 8.91. The third-order valence-electron chi connectivity index (χ3n) is 5.16. The molecule has 0 saturated carbocycles. The number of nitro groups is 1. The van der Waals surface area contributed by atoms with Crippen LogP contribution in [0.5, 0.6) is 0 Å². The van der Waals surface area contributed by atoms with E-state index in [4.69, 9.17) is 0 Å². The number of nitro benzene ring substituents is 1. The van der Waals surface area contributed by atoms with Gasteiger partial charge < -0.3 is 14.9 Å². The quantitative estimate of drug-likeness (QED) is 0.643. The van der Waals surface area contributed by atoms with Gasteiger partial charge in [-0.25, -0.2) is 4.79 Å². The third kappa shape index (κ3) is 3.66. The predicted octanol–water partition coefficient (Wildman–Crippen LogP) is 2.87. The number of amides is 1. The molecule has 0 unspecified atom stereocenters. The number of hydrogen-bond donors (Lipinski definition) is 1. The molecular formula is C20H21N3O5. The van der Waals surface area contributed by atoms with E-state index in [0.29, 0.717) is 26.2 Å². The van der Waals surface area contributed by atoms with Crippen LogP contribution in [0.3, 0.4) is 0 Å². The molecular weight excluding hydrogens is 362 g/mol. The fourth-order valence-electron chi connectivity index (χ4n) is 3.41. The second-order valence-corrected chi connectivity index (χ2v) is 6.79. The Labute approximate surface area is 162 Å². The van der Waals surface area contributed by atoms with Gasteiger partial charge in [0.25, 0.3) is 11.6 Å². The Morgan fingerprint density at radius 2 is 1.71 bits per heavy atom. The molecule has 0 atom stereocenters. The number of piperazine rings is 1. The van der Waals surface area contributed by atoms with Gasteiger partial charge in [0.05, 0.1) is 16.1 Å². The summed E-state index contributed by atoms with van der Waals surface area (Å²) in [6.45, 7) is 6.14. The highest BCUT2D eigenvalue weighted by atomic mass is 16.6. The molecule has 1 saturated heterocycles. The van der Waals surface area contributed by atoms with Crippen LogP contribution < -0.4 is 4.90 Å². The first-order chi connectivity index (χ1) is 13.3. The molecule has 0 aromatic heterocycles. The summed E-state index contributed by atoms with van der Waals surface area (Å²) in [6.07, 6.45) is 0. The molecule has 0 aliphatic carbocycles. The number of anilines is 1. The molecule has 1 aliphatic heterocycles. The summed E-state index contributed by atoms with van der Waals surface area (Å²) in [6, 6.07) is 9.34. The lowest BCUT2D eigenvalue weighted by Gasteiger charge is -2.37. The van der Waals surface area contributed by atoms with Crippen molar-refractivity contribution >= 4 is 23.3 Å². The standard InChI is InChI=1S/C20H21N3O5/c1-13-4-3-5-18(14(13)2)21-8-10-22(11-9-21)19(24)17-12-15(23(27)28)6-7-16(17)20(25)26/h3-7,12H,8-11H2,1-2H3,(H,25,26). The number of benzene rings is 2. The minimum absolute atomic E-state index is 0.151. The molecule has 0 radical (unpaired) electrons. The Balaban J connectivity index is 1.80. The van der Waals surface area contributed by atoms with E-state index < -0.39 is 16.8 Å². The van der Waals surface area contributed by atoms with Crippen LogP contribution in [0.2, 0.25) is 0 Å². The molecule has 1 aliphatic rings. The van der Waals surface area contributed by atoms with Crippen LogP contribution in [-0.4, -0.2) is 53.0 Å². The molecule has 0 bridgehead atoms. The van der Waals surface area contributed by atoms with Crippen LogP contribution in [0.25, 0.3) is 0 Å². The number of hydrogen-bond acceptors (Lipinski definition) is 5. The summed E-state index contributed by atoms with van der Waals surface area (Å²) in [5.74, 6) is -1.78. The summed E-state index contributed by atoms with van der Waals surface area (Å²) in [5, 5.41) is 20.4. The van der Waals surface area contributed by atoms with E-state index in [0.717, 1.165) is 23.9 Å². The van der Waals surface area contributed by atoms with Crippen molar-refractivity contribution in [3.63, 3.8) is 0 Å². The van der Waals surface area contributed by atoms with Gasteiger partial charge in [-0.1, -0.05) is 12.1 Å². The van der Waals surface area contributed by atoms with Gasteiger partial charge in [-0.05, 0) is 37.1 Å². The molecule has 1 amide bonds. The van der Waals surface area contributed by atoms with E-state index in [-0.39, 0.29) is 16.8 Å². The Morgan fingerprint density at radius 3 is 2.32 bits per heavy atom. The van der Waals surface area contributed by atoms with E-state index in [1.807, 2.05) is 25.1 Å². The second-order valence-electron chi connectivity index (χ2n) is 6.79. The summed E-state index contributed by atoms with van der Waals surface area (Å²) in [4.78, 5) is 38.5. The fourth-order valence-corrected chi connectivity index (χ4v) is 3.41. The largest absolute Gasteiger partial charge is 0.478 e. The monoisotopic (exact) mass is 383 g/mol. The summed E-state index contributed by atoms with van der Waals surface area (Å²) < 4.78 is 0. The van der Waals surface area contributed by atoms with Crippen molar-refractivity contribution in [3.8, 4) is 0 Å². The number of carboxylic acid groups (broad SMARTS) is 1. The van der Waals surface area contributed by atoms with E-state index in [1.54, 1.807) is 4.90 Å². The highest BCUT2D eigenvalue weighted by Gasteiger charge is 2.27. The van der Waals surface area contributed by atoms with Crippen LogP contribution in [0.4, 0.5) is 11.4 Å². The van der Waals surface area contributed by atoms with Gasteiger partial charge in [-0.2, -0.15) is 0 Å². The number of aryl methyl sites for hydroxylation is 1. The van der Waals surface area contributed by atoms with Gasteiger partial charge >= 0.3 is 5.97 Å². The van der Waals surface area contributed by atoms with Crippen LogP contribution in [0.15, 0.2) is 36.4 Å². The lowest BCUT2D eigenvalue weighted by molar-refractivity contribution is -0.384. The minimum Gasteiger partial charge on any atom is -0.478 e. The molecule has 8 nitrogen and oxygen atoms in total. The molecule has 1 N–H and O–H groups in total. The number of carboxylic acids is 1. The molecule has 0 spiro atoms. The lowest BCUT2D eigenvalue weighted by atomic mass is 10.0. The Kier molecular flexibility index (Phi) is 5.30. The number of aromatic carboxylic acids is 1. The zero-order valence-corrected chi connectivity index (χ0v) is 15.7. The average Bonchev–Trinajstić information content (AvgIpc) is 2.69. The van der Waals surface area contributed by atoms with Gasteiger partial charge in [0.2, 0.25) is 0 Å². The van der Waals surface area contributed by atoms with Gasteiger partial charge in [-0.3, -0.25) is 14.9 Å². The smallest absolute Gasteiger partial charge is 0.336 e. The first-order valence-electron chi connectivity index (χ1n) is 8.91. The number of non-ortho nitro benzene ring substituents is 1. The average molecular weight is 383 g/mol. The maximum atomic E-state index is 12.9. The topological polar surface area (TPSA) is 104 Å². The molecule has 1 fully saturated rings. The Morgan fingerprint density at radius 1 is 1.04 bits per heavy atom. The van der Waals surface area contributed by atoms with Crippen LogP contribution in [-0.2, 0) is 0 Å². The summed E-state index contributed by atoms with van der Waals surface area (Å²) >= 11 is 0. The van der Waals surface area contributed by atoms with Gasteiger partial charge in [-0.15, -0.1) is 0 Å². The van der Waals surface area contributed by atoms with E-state index in [2.05, 4.69) is 11.8 Å². The molecule has 28 heavy (non-hydrogen) atoms. The van der Waals surface area contributed by atoms with Crippen LogP contribution >= 0.6 is 0 Å². The van der Waals surface area contributed by atoms with Gasteiger partial charge in [0.1, 0.15) is 0 Å². The molecule has 1 heterocycles. The van der Waals surface area contributed by atoms with Crippen molar-refractivity contribution in [2.75, 3.05) is 31.1 Å². The maximum absolute atomic E-state index is 12.9. The third-order valence-corrected chi connectivity index (χ3v) is 5.16. The van der Waals surface area contributed by atoms with Crippen molar-refractivity contribution in [3.05, 3.63) is 68.8 Å². The highest BCUT2D eigenvalue weighted by molar-refractivity contribution is 6.05. The number of carbonyl (C=O) groups is 2. The molecule has 8 heteroatoms. The molecule has 146 valence electrons. The zero-order chi connectivity index (χ0) is 20.4. The minimum atomic E-state index is -1.28. The summed E-state index contributed by atoms with van der Waals surface area (Å²) in [5.41, 5.74) is 2.82. The van der Waals surface area contributed by atoms with Crippen molar-refractivity contribution in [1.29, 1.82) is 0 Å². The Bertz CT molecular complexity index is 949. The van der Waals surface area contributed by atoms with Crippen molar-refractivity contribution in [1.82, 2.24) is 4.90 Å². The molecule has 3 rings (SSSR count). The van der Waals surface area contributed by atoms with E-state index >= 15 is 0 Å². The fraction of sp³-hybridized carbons (Fsp3) is 0.300. The van der Waals surface area contributed by atoms with Gasteiger partial charge in [0.15, 0.2) is 0 Å².